The third-order valence-corrected chi connectivity index (χ3v) is 2.93. The Morgan fingerprint density at radius 1 is 1.33 bits per heavy atom. The fourth-order valence-corrected chi connectivity index (χ4v) is 2.07. The van der Waals surface area contributed by atoms with Gasteiger partial charge in [-0.2, -0.15) is 0 Å². The summed E-state index contributed by atoms with van der Waals surface area (Å²) in [5, 5.41) is 0. The Balaban J connectivity index is 2.29. The highest BCUT2D eigenvalue weighted by Gasteiger charge is 1.94. The Hall–Kier alpha value is -0.810. The van der Waals surface area contributed by atoms with Crippen LogP contribution in [-0.4, -0.2) is 6.03 Å². The molecule has 0 radical (unpaired) electrons. The van der Waals surface area contributed by atoms with E-state index in [0.717, 1.165) is 4.90 Å². The van der Waals surface area contributed by atoms with Crippen LogP contribution < -0.4 is 10.5 Å². The van der Waals surface area contributed by atoms with E-state index in [1.54, 1.807) is 0 Å². The van der Waals surface area contributed by atoms with E-state index in [0.29, 0.717) is 0 Å². The molecule has 0 heterocycles. The molecule has 3 N–H and O–H groups in total. The first kappa shape index (κ1) is 9.28. The van der Waals surface area contributed by atoms with Crippen molar-refractivity contribution in [3.8, 4) is 0 Å². The van der Waals surface area contributed by atoms with Crippen LogP contribution in [0.4, 0.5) is 4.79 Å². The second-order valence-corrected chi connectivity index (χ2v) is 3.95. The van der Waals surface area contributed by atoms with Gasteiger partial charge in [0, 0.05) is 15.9 Å². The number of nitrogens with two attached hydrogens (primary N) is 1. The van der Waals surface area contributed by atoms with Crippen molar-refractivity contribution in [1.82, 2.24) is 4.72 Å². The van der Waals surface area contributed by atoms with E-state index in [1.165, 1.54) is 21.8 Å². The molecule has 1 aromatic rings. The van der Waals surface area contributed by atoms with Crippen molar-refractivity contribution < 1.29 is 4.79 Å². The molecule has 0 bridgehead atoms. The summed E-state index contributed by atoms with van der Waals surface area (Å²) >= 11 is 0. The maximum absolute atomic E-state index is 10.3. The maximum atomic E-state index is 10.3. The summed E-state index contributed by atoms with van der Waals surface area (Å²) in [5.41, 5.74) is 4.87. The zero-order chi connectivity index (χ0) is 8.81. The van der Waals surface area contributed by atoms with E-state index in [1.807, 2.05) is 30.3 Å². The van der Waals surface area contributed by atoms with Crippen LogP contribution in [-0.2, 0) is 0 Å². The number of benzene rings is 1. The average Bonchev–Trinajstić information content (AvgIpc) is 2.05. The van der Waals surface area contributed by atoms with Crippen LogP contribution in [0.25, 0.3) is 0 Å². The normalized spacial score (nSPS) is 9.33. The summed E-state index contributed by atoms with van der Waals surface area (Å²) in [6.45, 7) is 0. The largest absolute Gasteiger partial charge is 0.351 e. The van der Waals surface area contributed by atoms with Crippen LogP contribution in [0, 0.1) is 0 Å². The maximum Gasteiger partial charge on any atom is 0.322 e. The van der Waals surface area contributed by atoms with Gasteiger partial charge in [-0.15, -0.1) is 0 Å². The van der Waals surface area contributed by atoms with Crippen molar-refractivity contribution >= 4 is 27.8 Å². The Kier molecular flexibility index (Phi) is 3.83. The van der Waals surface area contributed by atoms with Crippen LogP contribution >= 0.6 is 21.8 Å². The van der Waals surface area contributed by atoms with Crippen molar-refractivity contribution in [2.24, 2.45) is 5.73 Å². The topological polar surface area (TPSA) is 55.1 Å². The first-order valence-electron chi connectivity index (χ1n) is 3.23. The fraction of sp³-hybridized carbons (Fsp3) is 0. The monoisotopic (exact) mass is 200 g/mol. The fourth-order valence-electron chi connectivity index (χ4n) is 0.586. The van der Waals surface area contributed by atoms with Gasteiger partial charge in [-0.25, -0.2) is 4.79 Å². The van der Waals surface area contributed by atoms with Crippen molar-refractivity contribution in [3.63, 3.8) is 0 Å². The summed E-state index contributed by atoms with van der Waals surface area (Å²) in [6, 6.07) is 9.21. The minimum Gasteiger partial charge on any atom is -0.351 e. The number of carbonyl (C=O) groups excluding carboxylic acids is 1. The van der Waals surface area contributed by atoms with Crippen LogP contribution in [0.2, 0.25) is 0 Å². The zero-order valence-electron chi connectivity index (χ0n) is 6.19. The van der Waals surface area contributed by atoms with E-state index in [9.17, 15) is 4.79 Å². The predicted octanol–water partition coefficient (Wildman–Crippen LogP) is 2.01. The van der Waals surface area contributed by atoms with Gasteiger partial charge < -0.3 is 5.73 Å². The molecule has 0 unspecified atom stereocenters. The Bertz CT molecular complexity index is 253. The summed E-state index contributed by atoms with van der Waals surface area (Å²) in [4.78, 5) is 11.3. The van der Waals surface area contributed by atoms with Crippen LogP contribution in [0.3, 0.4) is 0 Å². The minimum atomic E-state index is -0.525. The number of carbonyl (C=O) groups is 1. The quantitative estimate of drug-likeness (QED) is 0.579. The summed E-state index contributed by atoms with van der Waals surface area (Å²) < 4.78 is 2.41. The lowest BCUT2D eigenvalue weighted by Gasteiger charge is -1.98. The number of rotatable bonds is 3. The highest BCUT2D eigenvalue weighted by atomic mass is 33.1. The SMILES string of the molecule is NC(=O)NSSc1ccccc1. The van der Waals surface area contributed by atoms with Gasteiger partial charge in [0.15, 0.2) is 0 Å². The van der Waals surface area contributed by atoms with Gasteiger partial charge >= 0.3 is 6.03 Å². The summed E-state index contributed by atoms with van der Waals surface area (Å²) in [7, 11) is 2.66. The van der Waals surface area contributed by atoms with Crippen molar-refractivity contribution in [2.45, 2.75) is 4.90 Å². The second-order valence-electron chi connectivity index (χ2n) is 1.95. The van der Waals surface area contributed by atoms with Gasteiger partial charge in [0.25, 0.3) is 0 Å². The highest BCUT2D eigenvalue weighted by Crippen LogP contribution is 2.27. The molecule has 0 saturated heterocycles. The van der Waals surface area contributed by atoms with Gasteiger partial charge in [0.2, 0.25) is 0 Å². The minimum absolute atomic E-state index is 0.525. The molecule has 0 aromatic heterocycles. The molecule has 1 aromatic carbocycles. The molecule has 2 amide bonds. The van der Waals surface area contributed by atoms with Gasteiger partial charge in [0.1, 0.15) is 0 Å². The molecule has 0 spiro atoms. The number of hydrogen-bond acceptors (Lipinski definition) is 3. The molecule has 3 nitrogen and oxygen atoms in total. The van der Waals surface area contributed by atoms with Crippen LogP contribution in [0.5, 0.6) is 0 Å². The van der Waals surface area contributed by atoms with Crippen molar-refractivity contribution in [1.29, 1.82) is 0 Å². The predicted molar refractivity (Wildman–Crippen MR) is 52.6 cm³/mol. The lowest BCUT2D eigenvalue weighted by atomic mass is 10.4. The van der Waals surface area contributed by atoms with Crippen molar-refractivity contribution in [2.75, 3.05) is 0 Å². The van der Waals surface area contributed by atoms with Crippen LogP contribution in [0.15, 0.2) is 35.2 Å². The third-order valence-electron chi connectivity index (χ3n) is 1.02. The summed E-state index contributed by atoms with van der Waals surface area (Å²) in [5.74, 6) is 0. The highest BCUT2D eigenvalue weighted by molar-refractivity contribution is 8.76. The molecule has 64 valence electrons. The molecule has 0 aliphatic heterocycles. The third kappa shape index (κ3) is 3.54. The molecule has 5 heteroatoms. The first-order chi connectivity index (χ1) is 5.79. The van der Waals surface area contributed by atoms with E-state index in [-0.39, 0.29) is 0 Å². The molecule has 1 rings (SSSR count). The van der Waals surface area contributed by atoms with E-state index in [2.05, 4.69) is 4.72 Å². The van der Waals surface area contributed by atoms with Gasteiger partial charge in [0.05, 0.1) is 0 Å². The lowest BCUT2D eigenvalue weighted by molar-refractivity contribution is 0.254. The van der Waals surface area contributed by atoms with Gasteiger partial charge in [-0.3, -0.25) is 4.72 Å². The molecule has 0 aliphatic carbocycles. The van der Waals surface area contributed by atoms with Gasteiger partial charge in [-0.1, -0.05) is 18.2 Å². The molecular weight excluding hydrogens is 192 g/mol. The Morgan fingerprint density at radius 3 is 2.58 bits per heavy atom. The van der Waals surface area contributed by atoms with E-state index >= 15 is 0 Å². The lowest BCUT2D eigenvalue weighted by Crippen LogP contribution is -2.21. The molecular formula is C7H8N2OS2. The smallest absolute Gasteiger partial charge is 0.322 e. The Morgan fingerprint density at radius 2 is 2.00 bits per heavy atom. The molecule has 0 atom stereocenters. The molecule has 0 fully saturated rings. The second kappa shape index (κ2) is 4.95. The molecule has 12 heavy (non-hydrogen) atoms. The number of urea groups is 1. The van der Waals surface area contributed by atoms with E-state index < -0.39 is 6.03 Å². The van der Waals surface area contributed by atoms with Crippen molar-refractivity contribution in [3.05, 3.63) is 30.3 Å². The first-order valence-corrected chi connectivity index (χ1v) is 5.38. The average molecular weight is 200 g/mol. The number of hydrogen-bond donors (Lipinski definition) is 2. The standard InChI is InChI=1S/C7H8N2OS2/c8-7(10)9-12-11-6-4-2-1-3-5-6/h1-5H,(H3,8,9,10). The number of nitrogens with one attached hydrogen (secondary N) is 1. The summed E-state index contributed by atoms with van der Waals surface area (Å²) in [6.07, 6.45) is 0. The van der Waals surface area contributed by atoms with E-state index in [4.69, 9.17) is 5.73 Å². The number of primary amides is 1. The van der Waals surface area contributed by atoms with Crippen LogP contribution in [0.1, 0.15) is 0 Å². The molecule has 0 saturated carbocycles. The Labute approximate surface area is 78.6 Å². The number of amides is 2. The van der Waals surface area contributed by atoms with Gasteiger partial charge in [-0.05, 0) is 22.9 Å². The molecule has 0 aliphatic rings. The zero-order valence-corrected chi connectivity index (χ0v) is 7.82.